The first kappa shape index (κ1) is 14.2. The number of thiophene rings is 1. The van der Waals surface area contributed by atoms with Crippen LogP contribution in [0.3, 0.4) is 0 Å². The van der Waals surface area contributed by atoms with Crippen LogP contribution in [0, 0.1) is 5.41 Å². The smallest absolute Gasteiger partial charge is 0.193 e. The standard InChI is InChI=1S/C14H20ClN3OS/c1-16-13(17-8-11-2-3-12(15)20-11)18-6-4-14(9-18)5-7-19-10-14/h2-3H,4-10H2,1H3,(H,16,17). The molecule has 1 aromatic rings. The second-order valence-electron chi connectivity index (χ2n) is 5.58. The summed E-state index contributed by atoms with van der Waals surface area (Å²) >= 11 is 7.57. The highest BCUT2D eigenvalue weighted by Gasteiger charge is 2.42. The molecular formula is C14H20ClN3OS. The van der Waals surface area contributed by atoms with E-state index < -0.39 is 0 Å². The summed E-state index contributed by atoms with van der Waals surface area (Å²) in [7, 11) is 1.85. The number of rotatable bonds is 2. The Hall–Kier alpha value is -0.780. The number of halogens is 1. The first-order valence-electron chi connectivity index (χ1n) is 6.98. The van der Waals surface area contributed by atoms with E-state index in [1.165, 1.54) is 17.7 Å². The molecule has 3 rings (SSSR count). The minimum Gasteiger partial charge on any atom is -0.381 e. The Morgan fingerprint density at radius 3 is 3.10 bits per heavy atom. The highest BCUT2D eigenvalue weighted by atomic mass is 35.5. The maximum atomic E-state index is 5.95. The molecule has 0 amide bonds. The van der Waals surface area contributed by atoms with Gasteiger partial charge in [0.25, 0.3) is 0 Å². The third kappa shape index (κ3) is 2.95. The summed E-state index contributed by atoms with van der Waals surface area (Å²) in [5.41, 5.74) is 0.365. The molecule has 3 heterocycles. The SMILES string of the molecule is CN=C(NCc1ccc(Cl)s1)N1CCC2(CCOC2)C1. The molecule has 0 aliphatic carbocycles. The van der Waals surface area contributed by atoms with E-state index in [-0.39, 0.29) is 0 Å². The number of hydrogen-bond donors (Lipinski definition) is 1. The number of aliphatic imine (C=N–C) groups is 1. The molecule has 1 aromatic heterocycles. The van der Waals surface area contributed by atoms with Crippen molar-refractivity contribution in [1.82, 2.24) is 10.2 Å². The van der Waals surface area contributed by atoms with Crippen LogP contribution < -0.4 is 5.32 Å². The Morgan fingerprint density at radius 2 is 2.45 bits per heavy atom. The first-order valence-corrected chi connectivity index (χ1v) is 8.18. The molecule has 0 bridgehead atoms. The fourth-order valence-electron chi connectivity index (χ4n) is 3.03. The normalized spacial score (nSPS) is 26.7. The molecule has 110 valence electrons. The molecule has 1 spiro atoms. The van der Waals surface area contributed by atoms with Crippen LogP contribution in [0.25, 0.3) is 0 Å². The number of likely N-dealkylation sites (tertiary alicyclic amines) is 1. The van der Waals surface area contributed by atoms with Crippen molar-refractivity contribution in [2.45, 2.75) is 19.4 Å². The Balaban J connectivity index is 1.57. The molecule has 2 fully saturated rings. The average Bonchev–Trinajstić information content (AvgIpc) is 3.15. The molecule has 0 radical (unpaired) electrons. The van der Waals surface area contributed by atoms with E-state index in [0.717, 1.165) is 43.1 Å². The molecule has 1 unspecified atom stereocenters. The van der Waals surface area contributed by atoms with Gasteiger partial charge in [0.1, 0.15) is 0 Å². The lowest BCUT2D eigenvalue weighted by atomic mass is 9.87. The zero-order chi connectivity index (χ0) is 14.0. The Morgan fingerprint density at radius 1 is 1.55 bits per heavy atom. The van der Waals surface area contributed by atoms with Crippen LogP contribution in [0.5, 0.6) is 0 Å². The molecule has 2 saturated heterocycles. The second kappa shape index (κ2) is 5.92. The predicted molar refractivity (Wildman–Crippen MR) is 83.6 cm³/mol. The van der Waals surface area contributed by atoms with Crippen molar-refractivity contribution in [3.05, 3.63) is 21.3 Å². The van der Waals surface area contributed by atoms with Gasteiger partial charge in [-0.1, -0.05) is 11.6 Å². The van der Waals surface area contributed by atoms with Gasteiger partial charge in [-0.15, -0.1) is 11.3 Å². The van der Waals surface area contributed by atoms with Crippen LogP contribution in [0.4, 0.5) is 0 Å². The minimum atomic E-state index is 0.365. The summed E-state index contributed by atoms with van der Waals surface area (Å²) in [6, 6.07) is 4.00. The molecule has 0 saturated carbocycles. The monoisotopic (exact) mass is 313 g/mol. The number of hydrogen-bond acceptors (Lipinski definition) is 3. The highest BCUT2D eigenvalue weighted by Crippen LogP contribution is 2.38. The third-order valence-corrected chi connectivity index (χ3v) is 5.42. The van der Waals surface area contributed by atoms with Gasteiger partial charge < -0.3 is 15.0 Å². The fourth-order valence-corrected chi connectivity index (χ4v) is 4.06. The van der Waals surface area contributed by atoms with Crippen molar-refractivity contribution in [3.63, 3.8) is 0 Å². The van der Waals surface area contributed by atoms with Crippen LogP contribution in [0.2, 0.25) is 4.34 Å². The van der Waals surface area contributed by atoms with E-state index in [4.69, 9.17) is 16.3 Å². The highest BCUT2D eigenvalue weighted by molar-refractivity contribution is 7.16. The van der Waals surface area contributed by atoms with Gasteiger partial charge in [-0.2, -0.15) is 0 Å². The molecule has 4 nitrogen and oxygen atoms in total. The van der Waals surface area contributed by atoms with E-state index in [2.05, 4.69) is 21.3 Å². The summed E-state index contributed by atoms with van der Waals surface area (Å²) in [6.45, 7) is 4.71. The molecule has 6 heteroatoms. The van der Waals surface area contributed by atoms with Gasteiger partial charge in [0, 0.05) is 37.0 Å². The van der Waals surface area contributed by atoms with E-state index >= 15 is 0 Å². The molecular weight excluding hydrogens is 294 g/mol. The summed E-state index contributed by atoms with van der Waals surface area (Å²) in [5, 5.41) is 3.43. The zero-order valence-electron chi connectivity index (χ0n) is 11.7. The van der Waals surface area contributed by atoms with E-state index in [9.17, 15) is 0 Å². The first-order chi connectivity index (χ1) is 9.71. The molecule has 0 aromatic carbocycles. The molecule has 1 atom stereocenters. The number of nitrogens with one attached hydrogen (secondary N) is 1. The van der Waals surface area contributed by atoms with Gasteiger partial charge in [-0.05, 0) is 25.0 Å². The van der Waals surface area contributed by atoms with Crippen molar-refractivity contribution in [1.29, 1.82) is 0 Å². The summed E-state index contributed by atoms with van der Waals surface area (Å²) in [4.78, 5) is 7.99. The summed E-state index contributed by atoms with van der Waals surface area (Å²) in [6.07, 6.45) is 2.39. The Labute approximate surface area is 128 Å². The van der Waals surface area contributed by atoms with E-state index in [1.54, 1.807) is 11.3 Å². The van der Waals surface area contributed by atoms with Crippen molar-refractivity contribution >= 4 is 28.9 Å². The maximum Gasteiger partial charge on any atom is 0.193 e. The number of nitrogens with zero attached hydrogens (tertiary/aromatic N) is 2. The average molecular weight is 314 g/mol. The van der Waals surface area contributed by atoms with E-state index in [0.29, 0.717) is 5.41 Å². The predicted octanol–water partition coefficient (Wildman–Crippen LogP) is 2.59. The summed E-state index contributed by atoms with van der Waals surface area (Å²) in [5.74, 6) is 0.985. The lowest BCUT2D eigenvalue weighted by Crippen LogP contribution is -2.41. The van der Waals surface area contributed by atoms with Crippen LogP contribution in [-0.2, 0) is 11.3 Å². The van der Waals surface area contributed by atoms with Crippen molar-refractivity contribution < 1.29 is 4.74 Å². The lowest BCUT2D eigenvalue weighted by molar-refractivity contribution is 0.156. The Kier molecular flexibility index (Phi) is 4.19. The minimum absolute atomic E-state index is 0.365. The summed E-state index contributed by atoms with van der Waals surface area (Å²) < 4.78 is 6.41. The molecule has 2 aliphatic rings. The van der Waals surface area contributed by atoms with E-state index in [1.807, 2.05) is 13.1 Å². The van der Waals surface area contributed by atoms with Crippen LogP contribution in [0.1, 0.15) is 17.7 Å². The Bertz CT molecular complexity index is 496. The van der Waals surface area contributed by atoms with Crippen LogP contribution in [-0.4, -0.2) is 44.2 Å². The van der Waals surface area contributed by atoms with Crippen molar-refractivity contribution in [3.8, 4) is 0 Å². The van der Waals surface area contributed by atoms with Gasteiger partial charge in [0.15, 0.2) is 5.96 Å². The quantitative estimate of drug-likeness (QED) is 0.673. The van der Waals surface area contributed by atoms with Gasteiger partial charge in [0.05, 0.1) is 17.5 Å². The third-order valence-electron chi connectivity index (χ3n) is 4.18. The van der Waals surface area contributed by atoms with Gasteiger partial charge in [-0.3, -0.25) is 4.99 Å². The lowest BCUT2D eigenvalue weighted by Gasteiger charge is -2.24. The van der Waals surface area contributed by atoms with Crippen molar-refractivity contribution in [2.24, 2.45) is 10.4 Å². The number of guanidine groups is 1. The largest absolute Gasteiger partial charge is 0.381 e. The van der Waals surface area contributed by atoms with Gasteiger partial charge >= 0.3 is 0 Å². The maximum absolute atomic E-state index is 5.95. The zero-order valence-corrected chi connectivity index (χ0v) is 13.3. The molecule has 2 aliphatic heterocycles. The van der Waals surface area contributed by atoms with Crippen molar-refractivity contribution in [2.75, 3.05) is 33.4 Å². The second-order valence-corrected chi connectivity index (χ2v) is 7.38. The number of ether oxygens (including phenoxy) is 1. The molecule has 1 N–H and O–H groups in total. The molecule has 20 heavy (non-hydrogen) atoms. The van der Waals surface area contributed by atoms with Crippen LogP contribution >= 0.6 is 22.9 Å². The van der Waals surface area contributed by atoms with Gasteiger partial charge in [0.2, 0.25) is 0 Å². The van der Waals surface area contributed by atoms with Crippen LogP contribution in [0.15, 0.2) is 17.1 Å². The van der Waals surface area contributed by atoms with Gasteiger partial charge in [-0.25, -0.2) is 0 Å². The fraction of sp³-hybridized carbons (Fsp3) is 0.643. The topological polar surface area (TPSA) is 36.9 Å².